The number of hydrogen-bond acceptors (Lipinski definition) is 7. The molecule has 1 amide bonds. The zero-order valence-corrected chi connectivity index (χ0v) is 18.4. The Kier molecular flexibility index (Phi) is 6.35. The Hall–Kier alpha value is -3.08. The minimum Gasteiger partial charge on any atom is -0.340 e. The van der Waals surface area contributed by atoms with Crippen molar-refractivity contribution in [2.45, 2.75) is 18.2 Å². The van der Waals surface area contributed by atoms with Crippen LogP contribution in [-0.4, -0.2) is 49.1 Å². The maximum atomic E-state index is 12.9. The molecule has 4 rings (SSSR count). The molecule has 1 saturated heterocycles. The number of anilines is 1. The molecule has 10 heteroatoms. The first-order valence-corrected chi connectivity index (χ1v) is 11.9. The van der Waals surface area contributed by atoms with E-state index in [9.17, 15) is 13.2 Å². The molecule has 168 valence electrons. The number of carbonyl (C=O) groups excluding carboxylic acids is 1. The van der Waals surface area contributed by atoms with E-state index in [1.807, 2.05) is 35.2 Å². The Morgan fingerprint density at radius 3 is 2.59 bits per heavy atom. The summed E-state index contributed by atoms with van der Waals surface area (Å²) in [5.74, 6) is 0.187. The Morgan fingerprint density at radius 1 is 1.16 bits per heavy atom. The molecule has 0 saturated carbocycles. The van der Waals surface area contributed by atoms with Gasteiger partial charge in [-0.2, -0.15) is 0 Å². The van der Waals surface area contributed by atoms with Crippen molar-refractivity contribution in [3.8, 4) is 0 Å². The Balaban J connectivity index is 1.44. The summed E-state index contributed by atoms with van der Waals surface area (Å²) in [7, 11) is -3.64. The second kappa shape index (κ2) is 9.19. The summed E-state index contributed by atoms with van der Waals surface area (Å²) in [4.78, 5) is 22.1. The molecule has 3 aromatic rings. The number of fused-ring (bicyclic) bond motifs is 1. The van der Waals surface area contributed by atoms with E-state index in [-0.39, 0.29) is 16.4 Å². The molecule has 2 aromatic carbocycles. The quantitative estimate of drug-likeness (QED) is 0.384. The van der Waals surface area contributed by atoms with Gasteiger partial charge in [-0.25, -0.2) is 28.6 Å². The lowest BCUT2D eigenvalue weighted by Crippen LogP contribution is -2.45. The predicted molar refractivity (Wildman–Crippen MR) is 120 cm³/mol. The topological polar surface area (TPSA) is 125 Å². The van der Waals surface area contributed by atoms with Crippen LogP contribution in [0.2, 0.25) is 0 Å². The van der Waals surface area contributed by atoms with E-state index in [0.29, 0.717) is 25.0 Å². The number of nitrogens with zero attached hydrogens (tertiary/aromatic N) is 3. The number of rotatable bonds is 6. The van der Waals surface area contributed by atoms with Crippen molar-refractivity contribution in [3.63, 3.8) is 0 Å². The van der Waals surface area contributed by atoms with Gasteiger partial charge in [0, 0.05) is 32.0 Å². The molecule has 0 spiro atoms. The standard InChI is InChI=1S/C22H25N5O4S/c1-15-8-9-27(22-23-11-18(12-24-22)21(28)26-29)14-19(15)13-25-32(30,31)20-7-6-16-4-2-3-5-17(16)10-20/h2-7,10-12,15,19,25,29H,8-9,13-14H2,1H3,(H,26,28)/t15?,19-/m1/s1. The molecule has 2 atom stereocenters. The minimum absolute atomic E-state index is 0.0722. The van der Waals surface area contributed by atoms with Gasteiger partial charge in [0.05, 0.1) is 10.5 Å². The fourth-order valence-corrected chi connectivity index (χ4v) is 5.03. The highest BCUT2D eigenvalue weighted by Gasteiger charge is 2.29. The normalized spacial score (nSPS) is 19.1. The Bertz CT molecular complexity index is 1220. The van der Waals surface area contributed by atoms with Crippen LogP contribution in [0, 0.1) is 11.8 Å². The number of piperidine rings is 1. The second-order valence-electron chi connectivity index (χ2n) is 8.05. The van der Waals surface area contributed by atoms with Crippen LogP contribution in [-0.2, 0) is 10.0 Å². The average molecular weight is 456 g/mol. The summed E-state index contributed by atoms with van der Waals surface area (Å²) in [5.41, 5.74) is 1.70. The van der Waals surface area contributed by atoms with Gasteiger partial charge in [-0.3, -0.25) is 10.0 Å². The van der Waals surface area contributed by atoms with Crippen LogP contribution in [0.1, 0.15) is 23.7 Å². The van der Waals surface area contributed by atoms with E-state index in [1.54, 1.807) is 17.6 Å². The van der Waals surface area contributed by atoms with Crippen molar-refractivity contribution < 1.29 is 18.4 Å². The molecule has 32 heavy (non-hydrogen) atoms. The van der Waals surface area contributed by atoms with E-state index >= 15 is 0 Å². The molecule has 1 unspecified atom stereocenters. The highest BCUT2D eigenvalue weighted by Crippen LogP contribution is 2.26. The maximum Gasteiger partial charge on any atom is 0.277 e. The Labute approximate surface area is 186 Å². The number of amides is 1. The number of sulfonamides is 1. The van der Waals surface area contributed by atoms with Crippen LogP contribution >= 0.6 is 0 Å². The highest BCUT2D eigenvalue weighted by molar-refractivity contribution is 7.89. The number of carbonyl (C=O) groups is 1. The van der Waals surface area contributed by atoms with Crippen LogP contribution in [0.3, 0.4) is 0 Å². The van der Waals surface area contributed by atoms with Crippen molar-refractivity contribution in [2.24, 2.45) is 11.8 Å². The third-order valence-electron chi connectivity index (χ3n) is 5.97. The largest absolute Gasteiger partial charge is 0.340 e. The fraction of sp³-hybridized carbons (Fsp3) is 0.318. The van der Waals surface area contributed by atoms with Crippen molar-refractivity contribution in [1.82, 2.24) is 20.2 Å². The van der Waals surface area contributed by atoms with Crippen LogP contribution in [0.5, 0.6) is 0 Å². The van der Waals surface area contributed by atoms with Crippen molar-refractivity contribution >= 4 is 32.7 Å². The molecule has 0 aliphatic carbocycles. The molecule has 9 nitrogen and oxygen atoms in total. The van der Waals surface area contributed by atoms with E-state index in [1.165, 1.54) is 12.4 Å². The van der Waals surface area contributed by atoms with Crippen molar-refractivity contribution in [2.75, 3.05) is 24.5 Å². The summed E-state index contributed by atoms with van der Waals surface area (Å²) < 4.78 is 28.6. The summed E-state index contributed by atoms with van der Waals surface area (Å²) in [6.07, 6.45) is 3.57. The number of aromatic nitrogens is 2. The molecule has 0 radical (unpaired) electrons. The lowest BCUT2D eigenvalue weighted by atomic mass is 9.87. The first-order valence-electron chi connectivity index (χ1n) is 10.4. The van der Waals surface area contributed by atoms with Crippen LogP contribution in [0.15, 0.2) is 59.8 Å². The van der Waals surface area contributed by atoms with E-state index < -0.39 is 15.9 Å². The summed E-state index contributed by atoms with van der Waals surface area (Å²) >= 11 is 0. The molecule has 2 heterocycles. The van der Waals surface area contributed by atoms with Gasteiger partial charge in [-0.05, 0) is 41.2 Å². The molecular weight excluding hydrogens is 430 g/mol. The van der Waals surface area contributed by atoms with Gasteiger partial charge in [-0.15, -0.1) is 0 Å². The van der Waals surface area contributed by atoms with E-state index in [0.717, 1.165) is 23.7 Å². The molecule has 1 aliphatic heterocycles. The van der Waals surface area contributed by atoms with E-state index in [2.05, 4.69) is 21.6 Å². The lowest BCUT2D eigenvalue weighted by molar-refractivity contribution is 0.0705. The zero-order chi connectivity index (χ0) is 22.7. The van der Waals surface area contributed by atoms with Crippen LogP contribution in [0.25, 0.3) is 10.8 Å². The Morgan fingerprint density at radius 2 is 1.88 bits per heavy atom. The van der Waals surface area contributed by atoms with Gasteiger partial charge in [0.1, 0.15) is 0 Å². The summed E-state index contributed by atoms with van der Waals surface area (Å²) in [6.45, 7) is 3.74. The molecule has 1 fully saturated rings. The zero-order valence-electron chi connectivity index (χ0n) is 17.6. The van der Waals surface area contributed by atoms with E-state index in [4.69, 9.17) is 5.21 Å². The predicted octanol–water partition coefficient (Wildman–Crippen LogP) is 2.19. The first-order chi connectivity index (χ1) is 15.4. The molecule has 3 N–H and O–H groups in total. The van der Waals surface area contributed by atoms with Gasteiger partial charge in [0.15, 0.2) is 0 Å². The third-order valence-corrected chi connectivity index (χ3v) is 7.39. The first kappa shape index (κ1) is 22.1. The number of hydrogen-bond donors (Lipinski definition) is 3. The number of hydroxylamine groups is 1. The van der Waals surface area contributed by atoms with Crippen molar-refractivity contribution in [1.29, 1.82) is 0 Å². The minimum atomic E-state index is -3.64. The summed E-state index contributed by atoms with van der Waals surface area (Å²) in [5, 5.41) is 10.6. The highest BCUT2D eigenvalue weighted by atomic mass is 32.2. The molecule has 1 aromatic heterocycles. The van der Waals surface area contributed by atoms with Gasteiger partial charge in [0.2, 0.25) is 16.0 Å². The van der Waals surface area contributed by atoms with Gasteiger partial charge >= 0.3 is 0 Å². The van der Waals surface area contributed by atoms with Gasteiger partial charge < -0.3 is 4.90 Å². The summed E-state index contributed by atoms with van der Waals surface area (Å²) in [6, 6.07) is 12.8. The number of nitrogens with one attached hydrogen (secondary N) is 2. The lowest BCUT2D eigenvalue weighted by Gasteiger charge is -2.37. The SMILES string of the molecule is CC1CCN(c2ncc(C(=O)NO)cn2)C[C@H]1CNS(=O)(=O)c1ccc2ccccc2c1. The van der Waals surface area contributed by atoms with Crippen LogP contribution in [0.4, 0.5) is 5.95 Å². The smallest absolute Gasteiger partial charge is 0.277 e. The van der Waals surface area contributed by atoms with Gasteiger partial charge in [-0.1, -0.05) is 37.3 Å². The average Bonchev–Trinajstić information content (AvgIpc) is 2.83. The van der Waals surface area contributed by atoms with Crippen LogP contribution < -0.4 is 15.1 Å². The third kappa shape index (κ3) is 4.72. The number of benzene rings is 2. The molecule has 0 bridgehead atoms. The molecule has 1 aliphatic rings. The monoisotopic (exact) mass is 455 g/mol. The molecular formula is C22H25N5O4S. The van der Waals surface area contributed by atoms with Crippen molar-refractivity contribution in [3.05, 3.63) is 60.4 Å². The fourth-order valence-electron chi connectivity index (χ4n) is 3.90. The maximum absolute atomic E-state index is 12.9. The second-order valence-corrected chi connectivity index (χ2v) is 9.81. The van der Waals surface area contributed by atoms with Gasteiger partial charge in [0.25, 0.3) is 5.91 Å².